The fraction of sp³-hybridized carbons (Fsp3) is 0.500. The van der Waals surface area contributed by atoms with Gasteiger partial charge in [-0.15, -0.1) is 0 Å². The average Bonchev–Trinajstić information content (AvgIpc) is 2.74. The number of aliphatic hydroxyl groups excluding tert-OH is 1. The molecule has 0 spiro atoms. The van der Waals surface area contributed by atoms with E-state index in [1.165, 1.54) is 0 Å². The van der Waals surface area contributed by atoms with Gasteiger partial charge in [0.25, 0.3) is 0 Å². The second kappa shape index (κ2) is 4.52. The van der Waals surface area contributed by atoms with Crippen LogP contribution in [0, 0.1) is 12.8 Å². The second-order valence-electron chi connectivity index (χ2n) is 4.08. The van der Waals surface area contributed by atoms with Crippen LogP contribution in [-0.2, 0) is 4.74 Å². The van der Waals surface area contributed by atoms with Crippen molar-refractivity contribution >= 4 is 11.6 Å². The summed E-state index contributed by atoms with van der Waals surface area (Å²) >= 11 is 5.94. The molecule has 1 N–H and O–H groups in total. The lowest BCUT2D eigenvalue weighted by Crippen LogP contribution is -2.12. The summed E-state index contributed by atoms with van der Waals surface area (Å²) in [6.07, 6.45) is 0.506. The molecule has 0 aromatic heterocycles. The van der Waals surface area contributed by atoms with Gasteiger partial charge in [0.05, 0.1) is 12.7 Å². The fourth-order valence-electron chi connectivity index (χ4n) is 1.93. The molecule has 1 heterocycles. The topological polar surface area (TPSA) is 29.5 Å². The van der Waals surface area contributed by atoms with Gasteiger partial charge in [-0.05, 0) is 30.5 Å². The molecular formula is C12H15ClO2. The van der Waals surface area contributed by atoms with Crippen molar-refractivity contribution < 1.29 is 9.84 Å². The van der Waals surface area contributed by atoms with Crippen LogP contribution in [0.1, 0.15) is 23.7 Å². The van der Waals surface area contributed by atoms with E-state index in [1.807, 2.05) is 25.1 Å². The highest BCUT2D eigenvalue weighted by atomic mass is 35.5. The minimum atomic E-state index is -0.427. The van der Waals surface area contributed by atoms with E-state index in [2.05, 4.69) is 0 Å². The van der Waals surface area contributed by atoms with Crippen LogP contribution in [0.25, 0.3) is 0 Å². The van der Waals surface area contributed by atoms with Gasteiger partial charge in [-0.1, -0.05) is 23.7 Å². The third-order valence-electron chi connectivity index (χ3n) is 2.93. The van der Waals surface area contributed by atoms with Crippen molar-refractivity contribution in [3.63, 3.8) is 0 Å². The van der Waals surface area contributed by atoms with Crippen LogP contribution < -0.4 is 0 Å². The lowest BCUT2D eigenvalue weighted by molar-refractivity contribution is 0.0918. The molecule has 0 saturated carbocycles. The van der Waals surface area contributed by atoms with Crippen molar-refractivity contribution in [3.8, 4) is 0 Å². The molecular weight excluding hydrogens is 212 g/mol. The van der Waals surface area contributed by atoms with Crippen molar-refractivity contribution in [1.29, 1.82) is 0 Å². The van der Waals surface area contributed by atoms with Crippen LogP contribution in [-0.4, -0.2) is 18.3 Å². The van der Waals surface area contributed by atoms with E-state index in [0.717, 1.165) is 29.2 Å². The Labute approximate surface area is 94.8 Å². The summed E-state index contributed by atoms with van der Waals surface area (Å²) in [5.41, 5.74) is 1.94. The number of ether oxygens (including phenoxy) is 1. The molecule has 1 aliphatic heterocycles. The Morgan fingerprint density at radius 1 is 1.53 bits per heavy atom. The smallest absolute Gasteiger partial charge is 0.0841 e. The maximum Gasteiger partial charge on any atom is 0.0841 e. The van der Waals surface area contributed by atoms with Gasteiger partial charge in [0.2, 0.25) is 0 Å². The molecule has 0 bridgehead atoms. The van der Waals surface area contributed by atoms with Gasteiger partial charge in [-0.2, -0.15) is 0 Å². The van der Waals surface area contributed by atoms with E-state index in [4.69, 9.17) is 16.3 Å². The van der Waals surface area contributed by atoms with Crippen molar-refractivity contribution in [2.24, 2.45) is 5.92 Å². The van der Waals surface area contributed by atoms with Crippen LogP contribution in [0.5, 0.6) is 0 Å². The highest BCUT2D eigenvalue weighted by molar-refractivity contribution is 6.31. The fourth-order valence-corrected chi connectivity index (χ4v) is 2.04. The summed E-state index contributed by atoms with van der Waals surface area (Å²) in [5.74, 6) is 0.227. The molecule has 0 amide bonds. The van der Waals surface area contributed by atoms with E-state index in [1.54, 1.807) is 0 Å². The quantitative estimate of drug-likeness (QED) is 0.840. The molecule has 1 aromatic carbocycles. The summed E-state index contributed by atoms with van der Waals surface area (Å²) < 4.78 is 5.27. The van der Waals surface area contributed by atoms with E-state index in [-0.39, 0.29) is 5.92 Å². The number of hydrogen-bond donors (Lipinski definition) is 1. The molecule has 1 saturated heterocycles. The molecule has 3 heteroatoms. The molecule has 1 fully saturated rings. The number of benzene rings is 1. The van der Waals surface area contributed by atoms with Crippen molar-refractivity contribution in [3.05, 3.63) is 34.3 Å². The lowest BCUT2D eigenvalue weighted by Gasteiger charge is -2.17. The molecule has 2 atom stereocenters. The molecule has 2 rings (SSSR count). The third-order valence-corrected chi connectivity index (χ3v) is 3.36. The lowest BCUT2D eigenvalue weighted by atomic mass is 9.94. The van der Waals surface area contributed by atoms with E-state index in [9.17, 15) is 5.11 Å². The first-order valence-corrected chi connectivity index (χ1v) is 5.58. The zero-order valence-electron chi connectivity index (χ0n) is 8.74. The summed E-state index contributed by atoms with van der Waals surface area (Å²) in [6.45, 7) is 3.36. The maximum atomic E-state index is 10.1. The predicted molar refractivity (Wildman–Crippen MR) is 60.1 cm³/mol. The highest BCUT2D eigenvalue weighted by Crippen LogP contribution is 2.30. The first-order chi connectivity index (χ1) is 7.18. The van der Waals surface area contributed by atoms with E-state index < -0.39 is 6.10 Å². The van der Waals surface area contributed by atoms with E-state index >= 15 is 0 Å². The molecule has 1 aromatic rings. The van der Waals surface area contributed by atoms with Gasteiger partial charge in [0, 0.05) is 17.5 Å². The molecule has 1 aliphatic rings. The van der Waals surface area contributed by atoms with Gasteiger partial charge in [-0.3, -0.25) is 0 Å². The Morgan fingerprint density at radius 2 is 2.33 bits per heavy atom. The third kappa shape index (κ3) is 2.33. The van der Waals surface area contributed by atoms with Crippen LogP contribution >= 0.6 is 11.6 Å². The molecule has 2 nitrogen and oxygen atoms in total. The number of rotatable bonds is 2. The monoisotopic (exact) mass is 226 g/mol. The molecule has 2 unspecified atom stereocenters. The summed E-state index contributed by atoms with van der Waals surface area (Å²) in [5, 5.41) is 10.9. The average molecular weight is 227 g/mol. The van der Waals surface area contributed by atoms with Gasteiger partial charge >= 0.3 is 0 Å². The SMILES string of the molecule is Cc1cc(C(O)C2CCOC2)ccc1Cl. The van der Waals surface area contributed by atoms with Crippen molar-refractivity contribution in [1.82, 2.24) is 0 Å². The van der Waals surface area contributed by atoms with E-state index in [0.29, 0.717) is 6.61 Å². The van der Waals surface area contributed by atoms with Gasteiger partial charge in [0.15, 0.2) is 0 Å². The van der Waals surface area contributed by atoms with Crippen molar-refractivity contribution in [2.45, 2.75) is 19.4 Å². The minimum absolute atomic E-state index is 0.227. The summed E-state index contributed by atoms with van der Waals surface area (Å²) in [7, 11) is 0. The number of halogens is 1. The highest BCUT2D eigenvalue weighted by Gasteiger charge is 2.25. The molecule has 82 valence electrons. The van der Waals surface area contributed by atoms with Crippen LogP contribution in [0.2, 0.25) is 5.02 Å². The van der Waals surface area contributed by atoms with Crippen LogP contribution in [0.3, 0.4) is 0 Å². The first kappa shape index (κ1) is 10.9. The Morgan fingerprint density at radius 3 is 2.93 bits per heavy atom. The zero-order chi connectivity index (χ0) is 10.8. The van der Waals surface area contributed by atoms with Crippen LogP contribution in [0.4, 0.5) is 0 Å². The van der Waals surface area contributed by atoms with Gasteiger partial charge < -0.3 is 9.84 Å². The number of aryl methyl sites for hydroxylation is 1. The zero-order valence-corrected chi connectivity index (χ0v) is 9.50. The molecule has 15 heavy (non-hydrogen) atoms. The summed E-state index contributed by atoms with van der Waals surface area (Å²) in [6, 6.07) is 5.68. The number of hydrogen-bond acceptors (Lipinski definition) is 2. The molecule has 0 aliphatic carbocycles. The predicted octanol–water partition coefficient (Wildman–Crippen LogP) is 2.72. The number of aliphatic hydroxyl groups is 1. The van der Waals surface area contributed by atoms with Crippen LogP contribution in [0.15, 0.2) is 18.2 Å². The molecule has 0 radical (unpaired) electrons. The Bertz CT molecular complexity index is 345. The largest absolute Gasteiger partial charge is 0.388 e. The Balaban J connectivity index is 2.17. The first-order valence-electron chi connectivity index (χ1n) is 5.20. The minimum Gasteiger partial charge on any atom is -0.388 e. The van der Waals surface area contributed by atoms with Gasteiger partial charge in [-0.25, -0.2) is 0 Å². The van der Waals surface area contributed by atoms with Crippen molar-refractivity contribution in [2.75, 3.05) is 13.2 Å². The van der Waals surface area contributed by atoms with Gasteiger partial charge in [0.1, 0.15) is 0 Å². The standard InChI is InChI=1S/C12H15ClO2/c1-8-6-9(2-3-11(8)13)12(14)10-4-5-15-7-10/h2-3,6,10,12,14H,4-5,7H2,1H3. The maximum absolute atomic E-state index is 10.1. The normalized spacial score (nSPS) is 23.0. The second-order valence-corrected chi connectivity index (χ2v) is 4.48. The summed E-state index contributed by atoms with van der Waals surface area (Å²) in [4.78, 5) is 0. The Kier molecular flexibility index (Phi) is 3.29. The Hall–Kier alpha value is -0.570.